The Bertz CT molecular complexity index is 857. The van der Waals surface area contributed by atoms with Gasteiger partial charge < -0.3 is 14.9 Å². The number of amides is 1. The van der Waals surface area contributed by atoms with Crippen molar-refractivity contribution >= 4 is 23.2 Å². The number of hydrogen-bond donors (Lipinski definition) is 1. The highest BCUT2D eigenvalue weighted by Gasteiger charge is 2.32. The van der Waals surface area contributed by atoms with Crippen LogP contribution in [0.3, 0.4) is 0 Å². The van der Waals surface area contributed by atoms with Gasteiger partial charge in [0, 0.05) is 36.9 Å². The van der Waals surface area contributed by atoms with Gasteiger partial charge in [-0.1, -0.05) is 48.0 Å². The number of likely N-dealkylation sites (tertiary alicyclic amines) is 1. The molecule has 30 heavy (non-hydrogen) atoms. The van der Waals surface area contributed by atoms with Gasteiger partial charge in [-0.2, -0.15) is 0 Å². The molecule has 2 aliphatic rings. The topological polar surface area (TPSA) is 43.8 Å². The Hall–Kier alpha value is -2.04. The van der Waals surface area contributed by atoms with Crippen LogP contribution in [0.25, 0.3) is 0 Å². The summed E-state index contributed by atoms with van der Waals surface area (Å²) >= 11 is 6.31. The molecule has 2 fully saturated rings. The van der Waals surface area contributed by atoms with Crippen molar-refractivity contribution in [3.8, 4) is 0 Å². The summed E-state index contributed by atoms with van der Waals surface area (Å²) in [6, 6.07) is 15.6. The van der Waals surface area contributed by atoms with Crippen molar-refractivity contribution in [2.75, 3.05) is 31.1 Å². The third kappa shape index (κ3) is 4.65. The normalized spacial score (nSPS) is 19.7. The van der Waals surface area contributed by atoms with Crippen LogP contribution in [0, 0.1) is 18.8 Å². The lowest BCUT2D eigenvalue weighted by molar-refractivity contribution is -0.142. The van der Waals surface area contributed by atoms with Crippen LogP contribution < -0.4 is 4.90 Å². The standard InChI is InChI=1S/C25H31ClN2O2/c1-18-7-8-22(17-23(18)26)27-13-9-19(10-14-27)20-11-15-28(16-12-20)25(30)24(29)21-5-3-2-4-6-21/h2-8,17,19-20,24,29H,9-16H2,1H3. The zero-order chi connectivity index (χ0) is 21.1. The van der Waals surface area contributed by atoms with Gasteiger partial charge in [0.05, 0.1) is 0 Å². The van der Waals surface area contributed by atoms with Gasteiger partial charge in [0.15, 0.2) is 6.10 Å². The van der Waals surface area contributed by atoms with E-state index in [1.807, 2.05) is 42.2 Å². The molecule has 4 nitrogen and oxygen atoms in total. The van der Waals surface area contributed by atoms with Crippen molar-refractivity contribution in [3.63, 3.8) is 0 Å². The van der Waals surface area contributed by atoms with E-state index in [0.717, 1.165) is 55.5 Å². The Labute approximate surface area is 184 Å². The second-order valence-corrected chi connectivity index (χ2v) is 9.14. The summed E-state index contributed by atoms with van der Waals surface area (Å²) in [5.74, 6) is 1.23. The minimum Gasteiger partial charge on any atom is -0.378 e. The summed E-state index contributed by atoms with van der Waals surface area (Å²) < 4.78 is 0. The molecular weight excluding hydrogens is 396 g/mol. The van der Waals surface area contributed by atoms with Gasteiger partial charge in [-0.25, -0.2) is 0 Å². The molecular formula is C25H31ClN2O2. The maximum absolute atomic E-state index is 12.7. The summed E-state index contributed by atoms with van der Waals surface area (Å²) in [5.41, 5.74) is 3.02. The fourth-order valence-electron chi connectivity index (χ4n) is 4.95. The second kappa shape index (κ2) is 9.40. The predicted octanol–water partition coefficient (Wildman–Crippen LogP) is 4.84. The zero-order valence-corrected chi connectivity index (χ0v) is 18.4. The highest BCUT2D eigenvalue weighted by Crippen LogP contribution is 2.35. The van der Waals surface area contributed by atoms with E-state index in [2.05, 4.69) is 23.1 Å². The molecule has 5 heteroatoms. The van der Waals surface area contributed by atoms with Crippen LogP contribution in [0.1, 0.15) is 42.9 Å². The smallest absolute Gasteiger partial charge is 0.256 e. The Morgan fingerprint density at radius 1 is 0.967 bits per heavy atom. The second-order valence-electron chi connectivity index (χ2n) is 8.73. The maximum atomic E-state index is 12.7. The molecule has 1 amide bonds. The van der Waals surface area contributed by atoms with Crippen molar-refractivity contribution < 1.29 is 9.90 Å². The number of nitrogens with zero attached hydrogens (tertiary/aromatic N) is 2. The van der Waals surface area contributed by atoms with E-state index in [1.54, 1.807) is 0 Å². The first-order chi connectivity index (χ1) is 14.5. The molecule has 1 N–H and O–H groups in total. The third-order valence-electron chi connectivity index (χ3n) is 6.93. The van der Waals surface area contributed by atoms with Crippen molar-refractivity contribution in [2.24, 2.45) is 11.8 Å². The molecule has 1 atom stereocenters. The number of aliphatic hydroxyl groups excluding tert-OH is 1. The molecule has 2 aromatic rings. The number of benzene rings is 2. The fourth-order valence-corrected chi connectivity index (χ4v) is 5.12. The van der Waals surface area contributed by atoms with Crippen LogP contribution in [0.15, 0.2) is 48.5 Å². The molecule has 0 saturated carbocycles. The Morgan fingerprint density at radius 3 is 2.17 bits per heavy atom. The van der Waals surface area contributed by atoms with Crippen molar-refractivity contribution in [1.82, 2.24) is 4.90 Å². The number of anilines is 1. The number of rotatable bonds is 4. The minimum atomic E-state index is -1.05. The first kappa shape index (κ1) is 21.2. The number of carbonyl (C=O) groups is 1. The van der Waals surface area contributed by atoms with Crippen molar-refractivity contribution in [1.29, 1.82) is 0 Å². The number of piperidine rings is 2. The summed E-state index contributed by atoms with van der Waals surface area (Å²) in [7, 11) is 0. The van der Waals surface area contributed by atoms with Crippen LogP contribution in [-0.4, -0.2) is 42.1 Å². The van der Waals surface area contributed by atoms with E-state index in [9.17, 15) is 9.90 Å². The van der Waals surface area contributed by atoms with Gasteiger partial charge in [-0.15, -0.1) is 0 Å². The molecule has 1 unspecified atom stereocenters. The largest absolute Gasteiger partial charge is 0.378 e. The summed E-state index contributed by atoms with van der Waals surface area (Å²) in [4.78, 5) is 17.0. The molecule has 0 bridgehead atoms. The molecule has 4 rings (SSSR count). The van der Waals surface area contributed by atoms with E-state index >= 15 is 0 Å². The Morgan fingerprint density at radius 2 is 1.57 bits per heavy atom. The molecule has 2 aliphatic heterocycles. The van der Waals surface area contributed by atoms with Gasteiger partial charge in [0.1, 0.15) is 0 Å². The summed E-state index contributed by atoms with van der Waals surface area (Å²) in [6.45, 7) is 5.67. The molecule has 2 aromatic carbocycles. The number of aryl methyl sites for hydroxylation is 1. The zero-order valence-electron chi connectivity index (χ0n) is 17.6. The Balaban J connectivity index is 1.27. The van der Waals surface area contributed by atoms with E-state index in [-0.39, 0.29) is 5.91 Å². The average molecular weight is 427 g/mol. The van der Waals surface area contributed by atoms with Crippen LogP contribution >= 0.6 is 11.6 Å². The summed E-state index contributed by atoms with van der Waals surface area (Å²) in [6.07, 6.45) is 3.41. The molecule has 0 aromatic heterocycles. The Kier molecular flexibility index (Phi) is 6.64. The molecule has 2 saturated heterocycles. The highest BCUT2D eigenvalue weighted by molar-refractivity contribution is 6.31. The van der Waals surface area contributed by atoms with Gasteiger partial charge in [0.25, 0.3) is 5.91 Å². The van der Waals surface area contributed by atoms with Gasteiger partial charge in [-0.05, 0) is 67.7 Å². The van der Waals surface area contributed by atoms with Gasteiger partial charge in [-0.3, -0.25) is 4.79 Å². The lowest BCUT2D eigenvalue weighted by atomic mass is 9.78. The molecule has 160 valence electrons. The molecule has 0 aliphatic carbocycles. The lowest BCUT2D eigenvalue weighted by Crippen LogP contribution is -2.44. The van der Waals surface area contributed by atoms with Gasteiger partial charge >= 0.3 is 0 Å². The number of hydrogen-bond acceptors (Lipinski definition) is 3. The van der Waals surface area contributed by atoms with E-state index in [4.69, 9.17) is 11.6 Å². The first-order valence-electron chi connectivity index (χ1n) is 11.1. The van der Waals surface area contributed by atoms with Gasteiger partial charge in [0.2, 0.25) is 0 Å². The molecule has 0 radical (unpaired) electrons. The molecule has 0 spiro atoms. The van der Waals surface area contributed by atoms with Crippen LogP contribution in [0.4, 0.5) is 5.69 Å². The fraction of sp³-hybridized carbons (Fsp3) is 0.480. The van der Waals surface area contributed by atoms with E-state index in [0.29, 0.717) is 11.5 Å². The SMILES string of the molecule is Cc1ccc(N2CCC(C3CCN(C(=O)C(O)c4ccccc4)CC3)CC2)cc1Cl. The maximum Gasteiger partial charge on any atom is 0.256 e. The number of aliphatic hydroxyl groups is 1. The van der Waals surface area contributed by atoms with Crippen LogP contribution in [0.2, 0.25) is 5.02 Å². The molecule has 2 heterocycles. The first-order valence-corrected chi connectivity index (χ1v) is 11.4. The van der Waals surface area contributed by atoms with E-state index < -0.39 is 6.10 Å². The number of carbonyl (C=O) groups excluding carboxylic acids is 1. The third-order valence-corrected chi connectivity index (χ3v) is 7.33. The predicted molar refractivity (Wildman–Crippen MR) is 122 cm³/mol. The monoisotopic (exact) mass is 426 g/mol. The number of halogens is 1. The van der Waals surface area contributed by atoms with Crippen LogP contribution in [0.5, 0.6) is 0 Å². The minimum absolute atomic E-state index is 0.161. The average Bonchev–Trinajstić information content (AvgIpc) is 2.81. The van der Waals surface area contributed by atoms with E-state index in [1.165, 1.54) is 18.5 Å². The van der Waals surface area contributed by atoms with Crippen LogP contribution in [-0.2, 0) is 4.79 Å². The highest BCUT2D eigenvalue weighted by atomic mass is 35.5. The van der Waals surface area contributed by atoms with Crippen molar-refractivity contribution in [3.05, 3.63) is 64.7 Å². The van der Waals surface area contributed by atoms with Crippen molar-refractivity contribution in [2.45, 2.75) is 38.7 Å². The summed E-state index contributed by atoms with van der Waals surface area (Å²) in [5, 5.41) is 11.3. The lowest BCUT2D eigenvalue weighted by Gasteiger charge is -2.41. The quantitative estimate of drug-likeness (QED) is 0.760.